The average Bonchev–Trinajstić information content (AvgIpc) is 2.63. The zero-order valence-electron chi connectivity index (χ0n) is 14.3. The summed E-state index contributed by atoms with van der Waals surface area (Å²) in [5.41, 5.74) is 9.44. The number of benzene rings is 2. The molecule has 1 amide bonds. The van der Waals surface area contributed by atoms with Crippen molar-refractivity contribution in [1.82, 2.24) is 4.90 Å². The van der Waals surface area contributed by atoms with Crippen LogP contribution in [0, 0.1) is 5.92 Å². The number of piperidine rings is 1. The van der Waals surface area contributed by atoms with Gasteiger partial charge in [-0.05, 0) is 42.4 Å². The summed E-state index contributed by atoms with van der Waals surface area (Å²) in [5, 5.41) is 0. The van der Waals surface area contributed by atoms with E-state index in [1.165, 1.54) is 11.1 Å². The van der Waals surface area contributed by atoms with Crippen molar-refractivity contribution >= 4 is 5.91 Å². The standard InChI is InChI=1S/C21H26N2O/c1-16(22)18-11-13-23(14-12-18)21(24)15-17-7-9-20(10-8-17)19-5-3-2-4-6-19/h2-10,16,18H,11-15,22H2,1H3. The third-order valence-corrected chi connectivity index (χ3v) is 5.05. The van der Waals surface area contributed by atoms with E-state index in [1.807, 2.05) is 23.1 Å². The number of likely N-dealkylation sites (tertiary alicyclic amines) is 1. The minimum Gasteiger partial charge on any atom is -0.342 e. The van der Waals surface area contributed by atoms with Crippen LogP contribution in [0.15, 0.2) is 54.6 Å². The zero-order chi connectivity index (χ0) is 16.9. The summed E-state index contributed by atoms with van der Waals surface area (Å²) < 4.78 is 0. The Morgan fingerprint density at radius 1 is 1.04 bits per heavy atom. The van der Waals surface area contributed by atoms with Crippen LogP contribution < -0.4 is 5.73 Å². The normalized spacial score (nSPS) is 16.8. The molecule has 1 unspecified atom stereocenters. The fraction of sp³-hybridized carbons (Fsp3) is 0.381. The number of carbonyl (C=O) groups excluding carboxylic acids is 1. The van der Waals surface area contributed by atoms with Gasteiger partial charge in [-0.2, -0.15) is 0 Å². The molecule has 0 aliphatic carbocycles. The van der Waals surface area contributed by atoms with Crippen LogP contribution in [-0.4, -0.2) is 29.9 Å². The van der Waals surface area contributed by atoms with Gasteiger partial charge in [0.15, 0.2) is 0 Å². The smallest absolute Gasteiger partial charge is 0.226 e. The number of nitrogens with two attached hydrogens (primary N) is 1. The van der Waals surface area contributed by atoms with Crippen molar-refractivity contribution in [2.45, 2.75) is 32.2 Å². The van der Waals surface area contributed by atoms with Crippen molar-refractivity contribution < 1.29 is 4.79 Å². The van der Waals surface area contributed by atoms with Gasteiger partial charge < -0.3 is 10.6 Å². The number of carbonyl (C=O) groups is 1. The Hall–Kier alpha value is -2.13. The molecule has 24 heavy (non-hydrogen) atoms. The maximum atomic E-state index is 12.5. The third-order valence-electron chi connectivity index (χ3n) is 5.05. The minimum atomic E-state index is 0.227. The minimum absolute atomic E-state index is 0.227. The van der Waals surface area contributed by atoms with Gasteiger partial charge in [-0.15, -0.1) is 0 Å². The molecule has 0 saturated carbocycles. The van der Waals surface area contributed by atoms with Crippen LogP contribution in [0.1, 0.15) is 25.3 Å². The Morgan fingerprint density at radius 3 is 2.21 bits per heavy atom. The predicted octanol–water partition coefficient (Wildman–Crippen LogP) is 3.48. The van der Waals surface area contributed by atoms with Gasteiger partial charge in [0, 0.05) is 19.1 Å². The number of rotatable bonds is 4. The highest BCUT2D eigenvalue weighted by atomic mass is 16.2. The molecule has 0 radical (unpaired) electrons. The molecule has 0 bridgehead atoms. The van der Waals surface area contributed by atoms with Crippen LogP contribution in [0.2, 0.25) is 0 Å². The van der Waals surface area contributed by atoms with Gasteiger partial charge in [-0.25, -0.2) is 0 Å². The third kappa shape index (κ3) is 4.04. The molecule has 1 atom stereocenters. The molecule has 3 heteroatoms. The molecule has 1 heterocycles. The predicted molar refractivity (Wildman–Crippen MR) is 98.5 cm³/mol. The summed E-state index contributed by atoms with van der Waals surface area (Å²) in [7, 11) is 0. The lowest BCUT2D eigenvalue weighted by molar-refractivity contribution is -0.131. The number of hydrogen-bond donors (Lipinski definition) is 1. The van der Waals surface area contributed by atoms with E-state index in [2.05, 4.69) is 43.3 Å². The molecular formula is C21H26N2O. The highest BCUT2D eigenvalue weighted by molar-refractivity contribution is 5.79. The van der Waals surface area contributed by atoms with Crippen LogP contribution in [0.3, 0.4) is 0 Å². The molecule has 1 aliphatic rings. The lowest BCUT2D eigenvalue weighted by Gasteiger charge is -2.33. The van der Waals surface area contributed by atoms with E-state index in [0.717, 1.165) is 31.5 Å². The van der Waals surface area contributed by atoms with Gasteiger partial charge in [-0.1, -0.05) is 54.6 Å². The Balaban J connectivity index is 1.57. The molecule has 1 aliphatic heterocycles. The van der Waals surface area contributed by atoms with Gasteiger partial charge >= 0.3 is 0 Å². The topological polar surface area (TPSA) is 46.3 Å². The Labute approximate surface area is 144 Å². The summed E-state index contributed by atoms with van der Waals surface area (Å²) >= 11 is 0. The molecule has 1 fully saturated rings. The highest BCUT2D eigenvalue weighted by Gasteiger charge is 2.24. The lowest BCUT2D eigenvalue weighted by atomic mass is 9.90. The molecule has 2 aromatic carbocycles. The highest BCUT2D eigenvalue weighted by Crippen LogP contribution is 2.22. The van der Waals surface area contributed by atoms with Gasteiger partial charge in [0.1, 0.15) is 0 Å². The summed E-state index contributed by atoms with van der Waals surface area (Å²) in [6, 6.07) is 18.9. The number of amides is 1. The van der Waals surface area contributed by atoms with E-state index in [9.17, 15) is 4.79 Å². The SMILES string of the molecule is CC(N)C1CCN(C(=O)Cc2ccc(-c3ccccc3)cc2)CC1. The molecule has 0 spiro atoms. The van der Waals surface area contributed by atoms with E-state index in [0.29, 0.717) is 12.3 Å². The van der Waals surface area contributed by atoms with Crippen molar-refractivity contribution in [2.24, 2.45) is 11.7 Å². The summed E-state index contributed by atoms with van der Waals surface area (Å²) in [5.74, 6) is 0.782. The lowest BCUT2D eigenvalue weighted by Crippen LogP contribution is -2.43. The van der Waals surface area contributed by atoms with Gasteiger partial charge in [0.05, 0.1) is 6.42 Å². The average molecular weight is 322 g/mol. The van der Waals surface area contributed by atoms with Crippen LogP contribution in [-0.2, 0) is 11.2 Å². The second-order valence-corrected chi connectivity index (χ2v) is 6.82. The Morgan fingerprint density at radius 2 is 1.62 bits per heavy atom. The van der Waals surface area contributed by atoms with Crippen molar-refractivity contribution in [2.75, 3.05) is 13.1 Å². The van der Waals surface area contributed by atoms with Gasteiger partial charge in [0.25, 0.3) is 0 Å². The summed E-state index contributed by atoms with van der Waals surface area (Å²) in [6.07, 6.45) is 2.53. The van der Waals surface area contributed by atoms with Crippen LogP contribution in [0.5, 0.6) is 0 Å². The first-order valence-corrected chi connectivity index (χ1v) is 8.81. The van der Waals surface area contributed by atoms with E-state index < -0.39 is 0 Å². The van der Waals surface area contributed by atoms with E-state index in [-0.39, 0.29) is 11.9 Å². The summed E-state index contributed by atoms with van der Waals surface area (Å²) in [6.45, 7) is 3.75. The first-order valence-electron chi connectivity index (χ1n) is 8.81. The van der Waals surface area contributed by atoms with Gasteiger partial charge in [-0.3, -0.25) is 4.79 Å². The largest absolute Gasteiger partial charge is 0.342 e. The molecule has 0 aromatic heterocycles. The summed E-state index contributed by atoms with van der Waals surface area (Å²) in [4.78, 5) is 14.5. The van der Waals surface area contributed by atoms with Crippen molar-refractivity contribution in [3.8, 4) is 11.1 Å². The monoisotopic (exact) mass is 322 g/mol. The fourth-order valence-corrected chi connectivity index (χ4v) is 3.41. The number of hydrogen-bond acceptors (Lipinski definition) is 2. The number of nitrogens with zero attached hydrogens (tertiary/aromatic N) is 1. The van der Waals surface area contributed by atoms with E-state index >= 15 is 0 Å². The molecule has 2 N–H and O–H groups in total. The maximum Gasteiger partial charge on any atom is 0.226 e. The van der Waals surface area contributed by atoms with Crippen LogP contribution in [0.4, 0.5) is 0 Å². The molecular weight excluding hydrogens is 296 g/mol. The van der Waals surface area contributed by atoms with Crippen LogP contribution in [0.25, 0.3) is 11.1 Å². The van der Waals surface area contributed by atoms with Crippen molar-refractivity contribution in [3.05, 3.63) is 60.2 Å². The Bertz CT molecular complexity index is 656. The first kappa shape index (κ1) is 16.7. The van der Waals surface area contributed by atoms with Crippen LogP contribution >= 0.6 is 0 Å². The second kappa shape index (κ2) is 7.63. The molecule has 3 rings (SSSR count). The zero-order valence-corrected chi connectivity index (χ0v) is 14.3. The molecule has 2 aromatic rings. The maximum absolute atomic E-state index is 12.5. The molecule has 1 saturated heterocycles. The molecule has 126 valence electrons. The quantitative estimate of drug-likeness (QED) is 0.936. The van der Waals surface area contributed by atoms with Crippen molar-refractivity contribution in [3.63, 3.8) is 0 Å². The van der Waals surface area contributed by atoms with E-state index in [1.54, 1.807) is 0 Å². The molecule has 3 nitrogen and oxygen atoms in total. The first-order chi connectivity index (χ1) is 11.6. The van der Waals surface area contributed by atoms with E-state index in [4.69, 9.17) is 5.73 Å². The van der Waals surface area contributed by atoms with Gasteiger partial charge in [0.2, 0.25) is 5.91 Å². The van der Waals surface area contributed by atoms with Crippen molar-refractivity contribution in [1.29, 1.82) is 0 Å². The fourth-order valence-electron chi connectivity index (χ4n) is 3.41. The Kier molecular flexibility index (Phi) is 5.31. The second-order valence-electron chi connectivity index (χ2n) is 6.82.